The molecule has 2 saturated carbocycles. The number of fused-ring (bicyclic) bond motifs is 1. The number of methoxy groups -OCH3 is 1. The molecule has 0 radical (unpaired) electrons. The first kappa shape index (κ1) is 35.6. The zero-order chi connectivity index (χ0) is 36.0. The van der Waals surface area contributed by atoms with E-state index in [2.05, 4.69) is 26.9 Å². The van der Waals surface area contributed by atoms with Crippen molar-refractivity contribution in [2.24, 2.45) is 11.3 Å². The first-order chi connectivity index (χ1) is 23.7. The van der Waals surface area contributed by atoms with Crippen molar-refractivity contribution in [3.63, 3.8) is 0 Å². The number of rotatable bonds is 12. The number of imide groups is 1. The Morgan fingerprint density at radius 1 is 1.12 bits per heavy atom. The monoisotopic (exact) mass is 723 g/mol. The van der Waals surface area contributed by atoms with Gasteiger partial charge < -0.3 is 14.8 Å². The molecule has 0 bridgehead atoms. The number of anilines is 1. The molecule has 2 heterocycles. The minimum atomic E-state index is -3.89. The van der Waals surface area contributed by atoms with Crippen LogP contribution in [0.5, 0.6) is 11.6 Å². The van der Waals surface area contributed by atoms with E-state index in [1.165, 1.54) is 13.3 Å². The van der Waals surface area contributed by atoms with Gasteiger partial charge in [0.05, 0.1) is 24.6 Å². The van der Waals surface area contributed by atoms with Crippen LogP contribution < -0.4 is 24.8 Å². The van der Waals surface area contributed by atoms with Crippen LogP contribution >= 0.6 is 11.6 Å². The number of para-hydroxylation sites is 1. The Bertz CT molecular complexity index is 1930. The second-order valence-corrected chi connectivity index (χ2v) is 16.7. The standard InChI is InChI=1S/C36H42ClN5O7S/c1-6-21-18-36(21,34(45)41-50(46,47)25-13-14-25)42-20-24(49-33-27-16-22(37)12-15-26(27)29(48-5)19-38-33)17-28(42)31(43)40-32(44)30(35(2,3)4)39-23-10-8-7-9-11-23/h6-12,15-16,19,21,24-25,28,30,39H,1,13-14,17-18,20H2,2-5H3,(H,41,45)(H,40,43,44)/t21-,24-,28+,30-,36-/m1/s1. The largest absolute Gasteiger partial charge is 0.494 e. The van der Waals surface area contributed by atoms with Crippen molar-refractivity contribution >= 4 is 55.8 Å². The first-order valence-electron chi connectivity index (χ1n) is 16.6. The normalized spacial score (nSPS) is 24.2. The summed E-state index contributed by atoms with van der Waals surface area (Å²) in [5.41, 5.74) is -1.27. The Hall–Kier alpha value is -4.20. The maximum Gasteiger partial charge on any atom is 0.254 e. The van der Waals surface area contributed by atoms with Gasteiger partial charge in [-0.3, -0.25) is 29.3 Å². The Morgan fingerprint density at radius 3 is 2.46 bits per heavy atom. The van der Waals surface area contributed by atoms with Gasteiger partial charge in [0.15, 0.2) is 0 Å². The van der Waals surface area contributed by atoms with Crippen LogP contribution in [0.2, 0.25) is 5.02 Å². The molecule has 3 amide bonds. The maximum absolute atomic E-state index is 14.2. The van der Waals surface area contributed by atoms with E-state index in [1.54, 1.807) is 29.2 Å². The van der Waals surface area contributed by atoms with Crippen LogP contribution in [0.15, 0.2) is 67.4 Å². The van der Waals surface area contributed by atoms with Crippen LogP contribution in [0.3, 0.4) is 0 Å². The predicted octanol–water partition coefficient (Wildman–Crippen LogP) is 4.44. The number of benzene rings is 2. The number of nitrogens with zero attached hydrogens (tertiary/aromatic N) is 2. The van der Waals surface area contributed by atoms with Gasteiger partial charge in [0.25, 0.3) is 5.91 Å². The predicted molar refractivity (Wildman–Crippen MR) is 190 cm³/mol. The van der Waals surface area contributed by atoms with Crippen molar-refractivity contribution < 1.29 is 32.3 Å². The van der Waals surface area contributed by atoms with Crippen molar-refractivity contribution in [2.45, 2.75) is 75.4 Å². The smallest absolute Gasteiger partial charge is 0.254 e. The fraction of sp³-hybridized carbons (Fsp3) is 0.444. The van der Waals surface area contributed by atoms with Crippen molar-refractivity contribution in [3.8, 4) is 11.6 Å². The van der Waals surface area contributed by atoms with E-state index in [0.29, 0.717) is 40.1 Å². The summed E-state index contributed by atoms with van der Waals surface area (Å²) in [4.78, 5) is 48.1. The van der Waals surface area contributed by atoms with E-state index in [-0.39, 0.29) is 25.3 Å². The van der Waals surface area contributed by atoms with E-state index in [0.717, 1.165) is 0 Å². The molecule has 1 aliphatic heterocycles. The minimum Gasteiger partial charge on any atom is -0.494 e. The van der Waals surface area contributed by atoms with Gasteiger partial charge in [0.2, 0.25) is 27.7 Å². The quantitative estimate of drug-likeness (QED) is 0.229. The molecule has 266 valence electrons. The lowest BCUT2D eigenvalue weighted by Crippen LogP contribution is -2.59. The van der Waals surface area contributed by atoms with Gasteiger partial charge in [-0.15, -0.1) is 6.58 Å². The van der Waals surface area contributed by atoms with Gasteiger partial charge in [0.1, 0.15) is 23.4 Å². The number of pyridine rings is 1. The molecule has 14 heteroatoms. The van der Waals surface area contributed by atoms with E-state index in [1.807, 2.05) is 51.1 Å². The Kier molecular flexibility index (Phi) is 9.61. The molecule has 5 atom stereocenters. The van der Waals surface area contributed by atoms with Gasteiger partial charge in [-0.05, 0) is 55.0 Å². The van der Waals surface area contributed by atoms with E-state index < -0.39 is 68.1 Å². The summed E-state index contributed by atoms with van der Waals surface area (Å²) in [6.45, 7) is 9.62. The molecule has 3 N–H and O–H groups in total. The number of ether oxygens (including phenoxy) is 2. The average Bonchev–Trinajstić information content (AvgIpc) is 4.00. The van der Waals surface area contributed by atoms with Crippen LogP contribution in [0, 0.1) is 11.3 Å². The summed E-state index contributed by atoms with van der Waals surface area (Å²) in [5.74, 6) is -1.58. The fourth-order valence-electron chi connectivity index (χ4n) is 6.76. The molecule has 3 aliphatic rings. The van der Waals surface area contributed by atoms with E-state index in [4.69, 9.17) is 21.1 Å². The van der Waals surface area contributed by atoms with Crippen LogP contribution in [0.25, 0.3) is 10.8 Å². The lowest BCUT2D eigenvalue weighted by atomic mass is 9.85. The lowest BCUT2D eigenvalue weighted by Gasteiger charge is -2.34. The Balaban J connectivity index is 1.32. The Morgan fingerprint density at radius 2 is 1.84 bits per heavy atom. The molecular weight excluding hydrogens is 682 g/mol. The van der Waals surface area contributed by atoms with Gasteiger partial charge in [-0.25, -0.2) is 13.4 Å². The number of sulfonamides is 1. The summed E-state index contributed by atoms with van der Waals surface area (Å²) >= 11 is 6.34. The molecular formula is C36H42ClN5O7S. The zero-order valence-electron chi connectivity index (χ0n) is 28.4. The summed E-state index contributed by atoms with van der Waals surface area (Å²) in [6, 6.07) is 12.6. The molecule has 6 rings (SSSR count). The number of halogens is 1. The van der Waals surface area contributed by atoms with Crippen molar-refractivity contribution in [3.05, 3.63) is 72.4 Å². The van der Waals surface area contributed by atoms with Crippen molar-refractivity contribution in [2.75, 3.05) is 19.0 Å². The lowest BCUT2D eigenvalue weighted by molar-refractivity contribution is -0.136. The van der Waals surface area contributed by atoms with Gasteiger partial charge in [-0.2, -0.15) is 0 Å². The van der Waals surface area contributed by atoms with Crippen molar-refractivity contribution in [1.82, 2.24) is 19.9 Å². The highest BCUT2D eigenvalue weighted by atomic mass is 35.5. The summed E-state index contributed by atoms with van der Waals surface area (Å²) < 4.78 is 40.0. The molecule has 2 aliphatic carbocycles. The number of carbonyl (C=O) groups is 3. The van der Waals surface area contributed by atoms with Crippen molar-refractivity contribution in [1.29, 1.82) is 0 Å². The summed E-state index contributed by atoms with van der Waals surface area (Å²) in [5, 5.41) is 6.98. The second kappa shape index (κ2) is 13.5. The molecule has 3 fully saturated rings. The molecule has 50 heavy (non-hydrogen) atoms. The molecule has 0 spiro atoms. The zero-order valence-corrected chi connectivity index (χ0v) is 30.0. The third kappa shape index (κ3) is 7.03. The molecule has 12 nitrogen and oxygen atoms in total. The first-order valence-corrected chi connectivity index (χ1v) is 18.5. The SMILES string of the molecule is C=C[C@@H]1C[C@@]1(C(=O)NS(=O)(=O)C1CC1)N1C[C@H](Oc2ncc(OC)c3ccc(Cl)cc23)C[C@H]1C(=O)NC(=O)[C@@H](Nc1ccccc1)C(C)(C)C. The number of aromatic nitrogens is 1. The highest BCUT2D eigenvalue weighted by Gasteiger charge is 2.67. The van der Waals surface area contributed by atoms with E-state index in [9.17, 15) is 22.8 Å². The highest BCUT2D eigenvalue weighted by molar-refractivity contribution is 7.91. The van der Waals surface area contributed by atoms with Crippen LogP contribution in [-0.4, -0.2) is 78.7 Å². The number of amides is 3. The maximum atomic E-state index is 14.2. The highest BCUT2D eigenvalue weighted by Crippen LogP contribution is 2.53. The van der Waals surface area contributed by atoms with E-state index >= 15 is 0 Å². The molecule has 3 aromatic rings. The molecule has 0 unspecified atom stereocenters. The third-order valence-corrected chi connectivity index (χ3v) is 11.7. The number of hydrogen-bond donors (Lipinski definition) is 3. The van der Waals surface area contributed by atoms with Gasteiger partial charge in [0, 0.05) is 40.4 Å². The molecule has 1 saturated heterocycles. The number of likely N-dealkylation sites (tertiary alicyclic amines) is 1. The minimum absolute atomic E-state index is 0.0637. The Labute approximate surface area is 297 Å². The summed E-state index contributed by atoms with van der Waals surface area (Å²) in [6.07, 6.45) is 3.72. The molecule has 2 aromatic carbocycles. The number of nitrogens with one attached hydrogen (secondary N) is 3. The number of hydrogen-bond acceptors (Lipinski definition) is 10. The van der Waals surface area contributed by atoms with Gasteiger partial charge in [-0.1, -0.05) is 56.6 Å². The average molecular weight is 724 g/mol. The fourth-order valence-corrected chi connectivity index (χ4v) is 8.29. The number of carbonyl (C=O) groups excluding carboxylic acids is 3. The third-order valence-electron chi connectivity index (χ3n) is 9.67. The van der Waals surface area contributed by atoms with Crippen LogP contribution in [0.4, 0.5) is 5.69 Å². The topological polar surface area (TPSA) is 156 Å². The van der Waals surface area contributed by atoms with Crippen LogP contribution in [0.1, 0.15) is 46.5 Å². The second-order valence-electron chi connectivity index (χ2n) is 14.3. The van der Waals surface area contributed by atoms with Gasteiger partial charge >= 0.3 is 0 Å². The summed E-state index contributed by atoms with van der Waals surface area (Å²) in [7, 11) is -2.36. The molecule has 1 aromatic heterocycles. The van der Waals surface area contributed by atoms with Crippen LogP contribution in [-0.2, 0) is 24.4 Å².